The van der Waals surface area contributed by atoms with Crippen LogP contribution in [0.4, 0.5) is 11.4 Å². The lowest BCUT2D eigenvalue weighted by atomic mass is 10.0. The van der Waals surface area contributed by atoms with Gasteiger partial charge in [-0.3, -0.25) is 9.69 Å². The van der Waals surface area contributed by atoms with Gasteiger partial charge >= 0.3 is 5.97 Å². The van der Waals surface area contributed by atoms with E-state index in [9.17, 15) is 9.59 Å². The molecule has 0 bridgehead atoms. The van der Waals surface area contributed by atoms with Gasteiger partial charge < -0.3 is 10.1 Å². The fourth-order valence-electron chi connectivity index (χ4n) is 4.00. The molecule has 1 N–H and O–H groups in total. The molecule has 0 saturated carbocycles. The van der Waals surface area contributed by atoms with Crippen LogP contribution in [0.2, 0.25) is 0 Å². The second kappa shape index (κ2) is 7.61. The maximum absolute atomic E-state index is 13.6. The molecule has 1 atom stereocenters. The van der Waals surface area contributed by atoms with Crippen LogP contribution in [0, 0.1) is 0 Å². The van der Waals surface area contributed by atoms with Gasteiger partial charge in [-0.15, -0.1) is 0 Å². The Hall–Kier alpha value is -4.12. The standard InChI is InChI=1S/C26H20N2O3/c1-31-26(30)19-12-10-18(11-13-19)24-27-23-9-5-4-8-22(23)25(29)28(24)21-15-14-17-6-2-3-7-20(17)16-21/h2-16,24,27H,1H3. The van der Waals surface area contributed by atoms with Crippen molar-refractivity contribution in [2.75, 3.05) is 17.3 Å². The lowest BCUT2D eigenvalue weighted by molar-refractivity contribution is 0.0600. The van der Waals surface area contributed by atoms with E-state index in [0.717, 1.165) is 27.7 Å². The molecular weight excluding hydrogens is 388 g/mol. The molecule has 0 aromatic heterocycles. The Balaban J connectivity index is 1.63. The molecule has 1 aliphatic rings. The molecule has 0 saturated heterocycles. The second-order valence-electron chi connectivity index (χ2n) is 7.41. The van der Waals surface area contributed by atoms with Gasteiger partial charge in [-0.2, -0.15) is 0 Å². The van der Waals surface area contributed by atoms with E-state index in [2.05, 4.69) is 5.32 Å². The molecule has 1 unspecified atom stereocenters. The molecule has 0 spiro atoms. The van der Waals surface area contributed by atoms with Gasteiger partial charge in [0.15, 0.2) is 0 Å². The number of amides is 1. The Labute approximate surface area is 179 Å². The number of hydrogen-bond donors (Lipinski definition) is 1. The molecule has 5 rings (SSSR count). The zero-order chi connectivity index (χ0) is 21.4. The van der Waals surface area contributed by atoms with Crippen LogP contribution in [-0.4, -0.2) is 19.0 Å². The molecule has 4 aromatic rings. The highest BCUT2D eigenvalue weighted by Crippen LogP contribution is 2.37. The van der Waals surface area contributed by atoms with Crippen molar-refractivity contribution in [3.63, 3.8) is 0 Å². The number of rotatable bonds is 3. The van der Waals surface area contributed by atoms with Crippen molar-refractivity contribution in [2.45, 2.75) is 6.17 Å². The number of carbonyl (C=O) groups is 2. The van der Waals surface area contributed by atoms with Crippen LogP contribution in [0.5, 0.6) is 0 Å². The van der Waals surface area contributed by atoms with E-state index in [4.69, 9.17) is 4.74 Å². The molecule has 5 heteroatoms. The summed E-state index contributed by atoms with van der Waals surface area (Å²) in [7, 11) is 1.36. The number of fused-ring (bicyclic) bond motifs is 2. The van der Waals surface area contributed by atoms with E-state index in [1.165, 1.54) is 7.11 Å². The molecule has 5 nitrogen and oxygen atoms in total. The molecule has 0 fully saturated rings. The number of ether oxygens (including phenoxy) is 1. The van der Waals surface area contributed by atoms with Crippen molar-refractivity contribution in [2.24, 2.45) is 0 Å². The van der Waals surface area contributed by atoms with Crippen LogP contribution < -0.4 is 10.2 Å². The summed E-state index contributed by atoms with van der Waals surface area (Å²) in [6.07, 6.45) is -0.421. The van der Waals surface area contributed by atoms with Crippen LogP contribution in [-0.2, 0) is 4.74 Å². The van der Waals surface area contributed by atoms with Crippen molar-refractivity contribution in [3.8, 4) is 0 Å². The zero-order valence-corrected chi connectivity index (χ0v) is 16.9. The number of anilines is 2. The fourth-order valence-corrected chi connectivity index (χ4v) is 4.00. The highest BCUT2D eigenvalue weighted by atomic mass is 16.5. The number of nitrogens with zero attached hydrogens (tertiary/aromatic N) is 1. The monoisotopic (exact) mass is 408 g/mol. The lowest BCUT2D eigenvalue weighted by Crippen LogP contribution is -2.43. The van der Waals surface area contributed by atoms with E-state index in [1.807, 2.05) is 78.9 Å². The summed E-state index contributed by atoms with van der Waals surface area (Å²) in [5, 5.41) is 5.67. The normalized spacial score (nSPS) is 15.3. The largest absolute Gasteiger partial charge is 0.465 e. The minimum Gasteiger partial charge on any atom is -0.465 e. The molecule has 31 heavy (non-hydrogen) atoms. The minimum absolute atomic E-state index is 0.0772. The van der Waals surface area contributed by atoms with E-state index >= 15 is 0 Å². The predicted octanol–water partition coefficient (Wildman–Crippen LogP) is 5.40. The Kier molecular flexibility index (Phi) is 4.64. The van der Waals surface area contributed by atoms with Gasteiger partial charge in [-0.25, -0.2) is 4.79 Å². The van der Waals surface area contributed by atoms with Crippen LogP contribution in [0.1, 0.15) is 32.4 Å². The summed E-state index contributed by atoms with van der Waals surface area (Å²) in [5.74, 6) is -0.470. The smallest absolute Gasteiger partial charge is 0.337 e. The van der Waals surface area contributed by atoms with Gasteiger partial charge in [0.1, 0.15) is 6.17 Å². The van der Waals surface area contributed by atoms with E-state index < -0.39 is 12.1 Å². The third-order valence-electron chi connectivity index (χ3n) is 5.59. The summed E-state index contributed by atoms with van der Waals surface area (Å²) < 4.78 is 4.80. The first kappa shape index (κ1) is 18.9. The average molecular weight is 408 g/mol. The Morgan fingerprint density at radius 2 is 1.58 bits per heavy atom. The molecule has 1 amide bonds. The SMILES string of the molecule is COC(=O)c1ccc(C2Nc3ccccc3C(=O)N2c2ccc3ccccc3c2)cc1. The molecule has 152 valence electrons. The molecule has 0 aliphatic carbocycles. The van der Waals surface area contributed by atoms with Gasteiger partial charge in [0.05, 0.1) is 18.2 Å². The van der Waals surface area contributed by atoms with Crippen molar-refractivity contribution in [1.29, 1.82) is 0 Å². The quantitative estimate of drug-likeness (QED) is 0.461. The van der Waals surface area contributed by atoms with Crippen LogP contribution in [0.15, 0.2) is 91.0 Å². The van der Waals surface area contributed by atoms with Gasteiger partial charge in [-0.05, 0) is 52.7 Å². The summed E-state index contributed by atoms with van der Waals surface area (Å²) in [4.78, 5) is 27.2. The van der Waals surface area contributed by atoms with Crippen molar-refractivity contribution < 1.29 is 14.3 Å². The lowest BCUT2D eigenvalue weighted by Gasteiger charge is -2.38. The number of para-hydroxylation sites is 1. The maximum Gasteiger partial charge on any atom is 0.337 e. The highest BCUT2D eigenvalue weighted by Gasteiger charge is 2.34. The molecule has 4 aromatic carbocycles. The highest BCUT2D eigenvalue weighted by molar-refractivity contribution is 6.12. The second-order valence-corrected chi connectivity index (χ2v) is 7.41. The third-order valence-corrected chi connectivity index (χ3v) is 5.59. The van der Waals surface area contributed by atoms with Crippen molar-refractivity contribution in [1.82, 2.24) is 0 Å². The number of benzene rings is 4. The van der Waals surface area contributed by atoms with Crippen molar-refractivity contribution >= 4 is 34.0 Å². The first-order valence-corrected chi connectivity index (χ1v) is 10.0. The van der Waals surface area contributed by atoms with Crippen LogP contribution >= 0.6 is 0 Å². The van der Waals surface area contributed by atoms with Gasteiger partial charge in [-0.1, -0.05) is 54.6 Å². The number of nitrogens with one attached hydrogen (secondary N) is 1. The first-order valence-electron chi connectivity index (χ1n) is 10.0. The van der Waals surface area contributed by atoms with Crippen LogP contribution in [0.3, 0.4) is 0 Å². The number of carbonyl (C=O) groups excluding carboxylic acids is 2. The molecule has 0 radical (unpaired) electrons. The topological polar surface area (TPSA) is 58.6 Å². The number of esters is 1. The fraction of sp³-hybridized carbons (Fsp3) is 0.0769. The average Bonchev–Trinajstić information content (AvgIpc) is 2.83. The van der Waals surface area contributed by atoms with E-state index in [0.29, 0.717) is 11.1 Å². The Morgan fingerprint density at radius 1 is 0.871 bits per heavy atom. The van der Waals surface area contributed by atoms with Crippen molar-refractivity contribution in [3.05, 3.63) is 108 Å². The molecular formula is C26H20N2O3. The summed E-state index contributed by atoms with van der Waals surface area (Å²) >= 11 is 0. The molecule has 1 aliphatic heterocycles. The number of hydrogen-bond acceptors (Lipinski definition) is 4. The number of methoxy groups -OCH3 is 1. The summed E-state index contributed by atoms with van der Waals surface area (Å²) in [5.41, 5.74) is 3.53. The first-order chi connectivity index (χ1) is 15.2. The third kappa shape index (κ3) is 3.30. The molecule has 1 heterocycles. The summed E-state index contributed by atoms with van der Waals surface area (Å²) in [6.45, 7) is 0. The van der Waals surface area contributed by atoms with E-state index in [1.54, 1.807) is 17.0 Å². The van der Waals surface area contributed by atoms with Gasteiger partial charge in [0, 0.05) is 11.4 Å². The predicted molar refractivity (Wildman–Crippen MR) is 121 cm³/mol. The minimum atomic E-state index is -0.421. The van der Waals surface area contributed by atoms with Gasteiger partial charge in [0.2, 0.25) is 0 Å². The van der Waals surface area contributed by atoms with Crippen LogP contribution in [0.25, 0.3) is 10.8 Å². The van der Waals surface area contributed by atoms with E-state index in [-0.39, 0.29) is 5.91 Å². The zero-order valence-electron chi connectivity index (χ0n) is 16.9. The Morgan fingerprint density at radius 3 is 2.35 bits per heavy atom. The summed E-state index contributed by atoms with van der Waals surface area (Å²) in [6, 6.07) is 28.7. The maximum atomic E-state index is 13.6. The Bertz CT molecular complexity index is 1300. The van der Waals surface area contributed by atoms with Gasteiger partial charge in [0.25, 0.3) is 5.91 Å².